The van der Waals surface area contributed by atoms with E-state index in [4.69, 9.17) is 21.1 Å². The van der Waals surface area contributed by atoms with Crippen LogP contribution < -0.4 is 5.32 Å². The van der Waals surface area contributed by atoms with Crippen molar-refractivity contribution in [3.8, 4) is 11.1 Å². The van der Waals surface area contributed by atoms with Crippen LogP contribution in [0, 0.1) is 0 Å². The molecule has 0 aliphatic heterocycles. The maximum absolute atomic E-state index is 14.7. The Morgan fingerprint density at radius 1 is 0.623 bits per heavy atom. The molecule has 61 heavy (non-hydrogen) atoms. The zero-order chi connectivity index (χ0) is 42.7. The van der Waals surface area contributed by atoms with Crippen LogP contribution in [0.25, 0.3) is 11.1 Å². The summed E-state index contributed by atoms with van der Waals surface area (Å²) in [5.41, 5.74) is 4.72. The van der Waals surface area contributed by atoms with E-state index < -0.39 is 36.3 Å². The van der Waals surface area contributed by atoms with Gasteiger partial charge in [0.15, 0.2) is 5.60 Å². The molecule has 9 heteroatoms. The maximum Gasteiger partial charge on any atom is 0.409 e. The van der Waals surface area contributed by atoms with Crippen LogP contribution in [0.1, 0.15) is 135 Å². The van der Waals surface area contributed by atoms with Gasteiger partial charge in [-0.3, -0.25) is 4.79 Å². The Bertz CT molecular complexity index is 2150. The number of hydrogen-bond donors (Lipinski definition) is 1. The summed E-state index contributed by atoms with van der Waals surface area (Å²) in [6, 6.07) is 36.6. The number of fused-ring (bicyclic) bond motifs is 3. The highest BCUT2D eigenvalue weighted by Crippen LogP contribution is 2.46. The quantitative estimate of drug-likeness (QED) is 0.112. The molecule has 5 aromatic rings. The average Bonchev–Trinajstić information content (AvgIpc) is 3.59. The predicted octanol–water partition coefficient (Wildman–Crippen LogP) is 14.2. The zero-order valence-corrected chi connectivity index (χ0v) is 35.4. The van der Waals surface area contributed by atoms with Crippen LogP contribution in [-0.2, 0) is 19.9 Å². The lowest BCUT2D eigenvalue weighted by Crippen LogP contribution is -2.48. The Hall–Kier alpha value is -5.08. The number of halogens is 4. The van der Waals surface area contributed by atoms with Crippen molar-refractivity contribution in [2.75, 3.05) is 6.61 Å². The number of esters is 1. The first-order chi connectivity index (χ1) is 29.6. The van der Waals surface area contributed by atoms with Gasteiger partial charge in [-0.1, -0.05) is 204 Å². The van der Waals surface area contributed by atoms with Crippen LogP contribution >= 0.6 is 11.6 Å². The fraction of sp³-hybridized carbons (Fsp3) is 0.385. The van der Waals surface area contributed by atoms with Crippen molar-refractivity contribution in [3.05, 3.63) is 166 Å². The first-order valence-corrected chi connectivity index (χ1v) is 22.3. The SMILES string of the molecule is O=C(CC(NC(=O)OCC1c2ccccc2-c2ccccc21)C(F)(F)F)OC(c1ccccc1)(c1ccc(C2CCCCCCCCCCCCC2)cc1)c1ccccc1Cl. The maximum atomic E-state index is 14.7. The number of rotatable bonds is 10. The van der Waals surface area contributed by atoms with Gasteiger partial charge in [-0.05, 0) is 52.6 Å². The Balaban J connectivity index is 1.14. The molecule has 5 nitrogen and oxygen atoms in total. The van der Waals surface area contributed by atoms with E-state index in [1.54, 1.807) is 48.5 Å². The molecule has 1 fully saturated rings. The van der Waals surface area contributed by atoms with Crippen LogP contribution in [-0.4, -0.2) is 30.9 Å². The van der Waals surface area contributed by atoms with Crippen molar-refractivity contribution >= 4 is 23.7 Å². The number of alkyl carbamates (subject to hydrolysis) is 1. The molecule has 0 aromatic heterocycles. The van der Waals surface area contributed by atoms with Gasteiger partial charge >= 0.3 is 18.2 Å². The molecule has 0 saturated heterocycles. The van der Waals surface area contributed by atoms with Gasteiger partial charge in [0.1, 0.15) is 12.6 Å². The first-order valence-electron chi connectivity index (χ1n) is 22.0. The average molecular weight is 850 g/mol. The second-order valence-corrected chi connectivity index (χ2v) is 17.0. The molecule has 0 radical (unpaired) electrons. The van der Waals surface area contributed by atoms with E-state index in [1.165, 1.54) is 63.4 Å². The molecule has 1 amide bonds. The number of benzene rings is 5. The van der Waals surface area contributed by atoms with Crippen LogP contribution in [0.5, 0.6) is 0 Å². The van der Waals surface area contributed by atoms with Gasteiger partial charge in [-0.15, -0.1) is 0 Å². The molecule has 0 heterocycles. The minimum Gasteiger partial charge on any atom is -0.449 e. The summed E-state index contributed by atoms with van der Waals surface area (Å²) in [5.74, 6) is -1.17. The lowest BCUT2D eigenvalue weighted by Gasteiger charge is -2.36. The highest BCUT2D eigenvalue weighted by Gasteiger charge is 2.47. The Morgan fingerprint density at radius 2 is 1.11 bits per heavy atom. The molecule has 0 bridgehead atoms. The van der Waals surface area contributed by atoms with Crippen LogP contribution in [0.3, 0.4) is 0 Å². The van der Waals surface area contributed by atoms with E-state index in [2.05, 4.69) is 12.1 Å². The van der Waals surface area contributed by atoms with Gasteiger partial charge in [0.2, 0.25) is 0 Å². The third kappa shape index (κ3) is 10.7. The minimum atomic E-state index is -5.00. The van der Waals surface area contributed by atoms with E-state index in [1.807, 2.05) is 72.0 Å². The standard InChI is InChI=1S/C52H55ClF3NO4/c53-47-30-20-19-29-46(47)51(39-23-13-10-14-24-39,40-33-31-38(32-34-40)37-21-11-8-6-4-2-1-3-5-7-9-12-22-37)61-49(58)35-48(52(54,55)56)57-50(59)60-36-45-43-27-17-15-25-41(43)42-26-16-18-28-44(42)45/h10,13-20,23-34,37,45,48H,1-9,11-12,21-22,35-36H2,(H,57,59). The lowest BCUT2D eigenvalue weighted by atomic mass is 9.78. The van der Waals surface area contributed by atoms with Gasteiger partial charge in [-0.25, -0.2) is 4.79 Å². The largest absolute Gasteiger partial charge is 0.449 e. The van der Waals surface area contributed by atoms with Gasteiger partial charge in [0.25, 0.3) is 0 Å². The number of alkyl halides is 3. The molecular formula is C52H55ClF3NO4. The summed E-state index contributed by atoms with van der Waals surface area (Å²) in [6.45, 7) is -0.185. The molecule has 2 atom stereocenters. The summed E-state index contributed by atoms with van der Waals surface area (Å²) in [7, 11) is 0. The molecule has 2 unspecified atom stereocenters. The molecular weight excluding hydrogens is 795 g/mol. The topological polar surface area (TPSA) is 64.6 Å². The summed E-state index contributed by atoms with van der Waals surface area (Å²) in [6.07, 6.45) is 8.46. The molecule has 0 spiro atoms. The number of amides is 1. The number of carbonyl (C=O) groups is 2. The van der Waals surface area contributed by atoms with E-state index in [9.17, 15) is 22.8 Å². The van der Waals surface area contributed by atoms with Gasteiger partial charge in [0.05, 0.1) is 6.42 Å². The number of hydrogen-bond acceptors (Lipinski definition) is 4. The summed E-state index contributed by atoms with van der Waals surface area (Å²) in [5, 5.41) is 2.22. The molecule has 1 N–H and O–H groups in total. The smallest absolute Gasteiger partial charge is 0.409 e. The van der Waals surface area contributed by atoms with Crippen LogP contribution in [0.2, 0.25) is 5.02 Å². The fourth-order valence-electron chi connectivity index (χ4n) is 9.32. The number of ether oxygens (including phenoxy) is 2. The summed E-state index contributed by atoms with van der Waals surface area (Å²) in [4.78, 5) is 27.3. The third-order valence-corrected chi connectivity index (χ3v) is 12.8. The molecule has 1 saturated carbocycles. The van der Waals surface area contributed by atoms with Gasteiger partial charge in [-0.2, -0.15) is 13.2 Å². The summed E-state index contributed by atoms with van der Waals surface area (Å²) >= 11 is 6.91. The number of nitrogens with one attached hydrogen (secondary N) is 1. The summed E-state index contributed by atoms with van der Waals surface area (Å²) < 4.78 is 56.1. The molecule has 7 rings (SSSR count). The van der Waals surface area contributed by atoms with Crippen molar-refractivity contribution in [3.63, 3.8) is 0 Å². The monoisotopic (exact) mass is 849 g/mol. The highest BCUT2D eigenvalue weighted by atomic mass is 35.5. The van der Waals surface area contributed by atoms with E-state index >= 15 is 0 Å². The molecule has 5 aromatic carbocycles. The van der Waals surface area contributed by atoms with Crippen LogP contribution in [0.4, 0.5) is 18.0 Å². The second kappa shape index (κ2) is 20.7. The van der Waals surface area contributed by atoms with Gasteiger partial charge in [0, 0.05) is 27.6 Å². The van der Waals surface area contributed by atoms with Crippen LogP contribution in [0.15, 0.2) is 127 Å². The second-order valence-electron chi connectivity index (χ2n) is 16.6. The number of carbonyl (C=O) groups excluding carboxylic acids is 2. The third-order valence-electron chi connectivity index (χ3n) is 12.5. The highest BCUT2D eigenvalue weighted by molar-refractivity contribution is 6.31. The van der Waals surface area contributed by atoms with Crippen molar-refractivity contribution in [2.45, 2.75) is 120 Å². The van der Waals surface area contributed by atoms with Crippen molar-refractivity contribution in [2.24, 2.45) is 0 Å². The Labute approximate surface area is 363 Å². The fourth-order valence-corrected chi connectivity index (χ4v) is 9.59. The van der Waals surface area contributed by atoms with Crippen molar-refractivity contribution in [1.82, 2.24) is 5.32 Å². The Morgan fingerprint density at radius 3 is 1.67 bits per heavy atom. The normalized spacial score (nSPS) is 17.2. The van der Waals surface area contributed by atoms with Gasteiger partial charge < -0.3 is 14.8 Å². The molecule has 2 aliphatic rings. The van der Waals surface area contributed by atoms with E-state index in [0.29, 0.717) is 22.6 Å². The van der Waals surface area contributed by atoms with E-state index in [-0.39, 0.29) is 17.5 Å². The van der Waals surface area contributed by atoms with Crippen molar-refractivity contribution in [1.29, 1.82) is 0 Å². The minimum absolute atomic E-state index is 0.185. The predicted molar refractivity (Wildman–Crippen MR) is 236 cm³/mol. The zero-order valence-electron chi connectivity index (χ0n) is 34.6. The first kappa shape index (κ1) is 44.0. The molecule has 2 aliphatic carbocycles. The van der Waals surface area contributed by atoms with E-state index in [0.717, 1.165) is 47.9 Å². The Kier molecular flexibility index (Phi) is 14.9. The lowest BCUT2D eigenvalue weighted by molar-refractivity contribution is -0.173. The van der Waals surface area contributed by atoms with Crippen molar-refractivity contribution < 1.29 is 32.2 Å². The molecule has 320 valence electrons.